The van der Waals surface area contributed by atoms with Gasteiger partial charge in [0.1, 0.15) is 5.60 Å². The van der Waals surface area contributed by atoms with Crippen molar-refractivity contribution in [3.63, 3.8) is 0 Å². The molecule has 0 radical (unpaired) electrons. The van der Waals surface area contributed by atoms with Gasteiger partial charge in [0.25, 0.3) is 0 Å². The summed E-state index contributed by atoms with van der Waals surface area (Å²) in [6, 6.07) is 0. The Morgan fingerprint density at radius 3 is 2.74 bits per heavy atom. The maximum atomic E-state index is 5.99. The molecule has 1 aliphatic carbocycles. The second-order valence-corrected chi connectivity index (χ2v) is 7.12. The molecular weight excluding hydrogens is 232 g/mol. The molecule has 106 valence electrons. The third kappa shape index (κ3) is 3.75. The molecule has 19 heavy (non-hydrogen) atoms. The first-order valence-electron chi connectivity index (χ1n) is 7.57. The van der Waals surface area contributed by atoms with Gasteiger partial charge >= 0.3 is 0 Å². The van der Waals surface area contributed by atoms with Gasteiger partial charge in [-0.25, -0.2) is 0 Å². The molecule has 0 amide bonds. The molecular formula is C18H28O. The van der Waals surface area contributed by atoms with Crippen molar-refractivity contribution >= 4 is 0 Å². The minimum absolute atomic E-state index is 0.0219. The monoisotopic (exact) mass is 260 g/mol. The molecule has 2 aliphatic rings. The zero-order chi connectivity index (χ0) is 13.9. The Balaban J connectivity index is 2.23. The Labute approximate surface area is 118 Å². The predicted octanol–water partition coefficient (Wildman–Crippen LogP) is 5.40. The Hall–Kier alpha value is -0.980. The Kier molecular flexibility index (Phi) is 4.23. The molecule has 1 heteroatoms. The predicted molar refractivity (Wildman–Crippen MR) is 81.9 cm³/mol. The fourth-order valence-corrected chi connectivity index (χ4v) is 3.03. The number of allylic oxidation sites excluding steroid dienone is 4. The maximum absolute atomic E-state index is 5.99. The van der Waals surface area contributed by atoms with Crippen molar-refractivity contribution in [3.05, 3.63) is 36.1 Å². The number of rotatable bonds is 0. The van der Waals surface area contributed by atoms with Crippen molar-refractivity contribution in [1.29, 1.82) is 0 Å². The lowest BCUT2D eigenvalue weighted by Crippen LogP contribution is -2.37. The van der Waals surface area contributed by atoms with Crippen LogP contribution < -0.4 is 0 Å². The van der Waals surface area contributed by atoms with Crippen LogP contribution in [0.4, 0.5) is 0 Å². The van der Waals surface area contributed by atoms with Crippen molar-refractivity contribution in [2.75, 3.05) is 0 Å². The Morgan fingerprint density at radius 1 is 1.16 bits per heavy atom. The van der Waals surface area contributed by atoms with Crippen molar-refractivity contribution in [1.82, 2.24) is 0 Å². The molecule has 0 N–H and O–H groups in total. The Bertz CT molecular complexity index is 400. The number of ether oxygens (including phenoxy) is 1. The zero-order valence-corrected chi connectivity index (χ0v) is 12.9. The Morgan fingerprint density at radius 2 is 1.95 bits per heavy atom. The summed E-state index contributed by atoms with van der Waals surface area (Å²) in [7, 11) is 0. The summed E-state index contributed by atoms with van der Waals surface area (Å²) in [6.07, 6.45) is 16.9. The fraction of sp³-hybridized carbons (Fsp3) is 0.667. The average molecular weight is 260 g/mol. The first-order valence-corrected chi connectivity index (χ1v) is 7.57. The van der Waals surface area contributed by atoms with Gasteiger partial charge in [0, 0.05) is 12.3 Å². The third-order valence-corrected chi connectivity index (χ3v) is 4.67. The molecule has 1 nitrogen and oxygen atoms in total. The first-order chi connectivity index (χ1) is 8.91. The van der Waals surface area contributed by atoms with E-state index in [4.69, 9.17) is 4.74 Å². The summed E-state index contributed by atoms with van der Waals surface area (Å²) in [4.78, 5) is 0. The van der Waals surface area contributed by atoms with E-state index in [2.05, 4.69) is 52.0 Å². The second kappa shape index (κ2) is 5.56. The lowest BCUT2D eigenvalue weighted by Gasteiger charge is -2.39. The van der Waals surface area contributed by atoms with E-state index in [1.807, 2.05) is 6.26 Å². The van der Waals surface area contributed by atoms with E-state index in [1.54, 1.807) is 0 Å². The molecule has 1 aliphatic heterocycles. The summed E-state index contributed by atoms with van der Waals surface area (Å²) in [5.41, 5.74) is 1.76. The normalized spacial score (nSPS) is 39.2. The van der Waals surface area contributed by atoms with E-state index in [9.17, 15) is 0 Å². The van der Waals surface area contributed by atoms with Crippen molar-refractivity contribution in [2.24, 2.45) is 11.3 Å². The van der Waals surface area contributed by atoms with Crippen LogP contribution in [0.2, 0.25) is 0 Å². The van der Waals surface area contributed by atoms with E-state index >= 15 is 0 Å². The van der Waals surface area contributed by atoms with Crippen LogP contribution in [0.3, 0.4) is 0 Å². The van der Waals surface area contributed by atoms with Crippen molar-refractivity contribution < 1.29 is 4.74 Å². The molecule has 0 saturated carbocycles. The summed E-state index contributed by atoms with van der Waals surface area (Å²) in [6.45, 7) is 9.17. The van der Waals surface area contributed by atoms with Gasteiger partial charge in [-0.3, -0.25) is 0 Å². The topological polar surface area (TPSA) is 9.23 Å². The van der Waals surface area contributed by atoms with Crippen LogP contribution in [0.1, 0.15) is 59.8 Å². The van der Waals surface area contributed by atoms with E-state index in [0.717, 1.165) is 19.3 Å². The molecule has 0 aromatic carbocycles. The highest BCUT2D eigenvalue weighted by atomic mass is 16.5. The summed E-state index contributed by atoms with van der Waals surface area (Å²) < 4.78 is 5.99. The van der Waals surface area contributed by atoms with Gasteiger partial charge in [0.15, 0.2) is 0 Å². The van der Waals surface area contributed by atoms with Crippen LogP contribution in [0.15, 0.2) is 36.1 Å². The second-order valence-electron chi connectivity index (χ2n) is 7.12. The fourth-order valence-electron chi connectivity index (χ4n) is 3.03. The zero-order valence-electron chi connectivity index (χ0n) is 12.9. The number of fused-ring (bicyclic) bond motifs is 1. The molecule has 0 bridgehead atoms. The molecule has 1 heterocycles. The summed E-state index contributed by atoms with van der Waals surface area (Å²) in [5.74, 6) is 0.631. The van der Waals surface area contributed by atoms with Gasteiger partial charge in [0.2, 0.25) is 0 Å². The number of hydrogen-bond donors (Lipinski definition) is 0. The van der Waals surface area contributed by atoms with Crippen molar-refractivity contribution in [3.8, 4) is 0 Å². The van der Waals surface area contributed by atoms with Gasteiger partial charge < -0.3 is 4.74 Å². The molecule has 0 spiro atoms. The van der Waals surface area contributed by atoms with Gasteiger partial charge in [-0.15, -0.1) is 0 Å². The van der Waals surface area contributed by atoms with Gasteiger partial charge in [0.05, 0.1) is 6.26 Å². The highest BCUT2D eigenvalue weighted by molar-refractivity contribution is 5.09. The van der Waals surface area contributed by atoms with Crippen LogP contribution in [0.5, 0.6) is 0 Å². The minimum atomic E-state index is -0.0219. The first kappa shape index (κ1) is 14.4. The lowest BCUT2D eigenvalue weighted by molar-refractivity contribution is -0.0275. The van der Waals surface area contributed by atoms with Crippen LogP contribution in [0, 0.1) is 11.3 Å². The van der Waals surface area contributed by atoms with Gasteiger partial charge in [-0.1, -0.05) is 37.6 Å². The van der Waals surface area contributed by atoms with E-state index < -0.39 is 0 Å². The lowest BCUT2D eigenvalue weighted by atomic mass is 9.78. The minimum Gasteiger partial charge on any atom is -0.495 e. The highest BCUT2D eigenvalue weighted by Crippen LogP contribution is 2.38. The molecule has 2 unspecified atom stereocenters. The number of hydrogen-bond acceptors (Lipinski definition) is 1. The molecule has 0 saturated heterocycles. The summed E-state index contributed by atoms with van der Waals surface area (Å²) in [5, 5.41) is 0. The molecule has 0 aromatic heterocycles. The third-order valence-electron chi connectivity index (χ3n) is 4.67. The SMILES string of the molecule is C/C1=C/CC(C)(C)/C=C/CC2(C)OC=CCC2CC1. The maximum Gasteiger partial charge on any atom is 0.112 e. The standard InChI is InChI=1S/C18H28O/c1-15-8-9-16-7-5-14-19-18(16,4)12-6-11-17(2,3)13-10-15/h5-6,10-11,14,16H,7-9,12-13H2,1-4H3/b11-6+,15-10-. The van der Waals surface area contributed by atoms with E-state index in [-0.39, 0.29) is 11.0 Å². The quantitative estimate of drug-likeness (QED) is 0.530. The van der Waals surface area contributed by atoms with Crippen LogP contribution in [-0.4, -0.2) is 5.60 Å². The molecule has 2 rings (SSSR count). The van der Waals surface area contributed by atoms with Crippen molar-refractivity contribution in [2.45, 2.75) is 65.4 Å². The molecule has 0 aromatic rings. The van der Waals surface area contributed by atoms with E-state index in [1.165, 1.54) is 18.4 Å². The molecule has 2 atom stereocenters. The van der Waals surface area contributed by atoms with Crippen LogP contribution in [0.25, 0.3) is 0 Å². The summed E-state index contributed by atoms with van der Waals surface area (Å²) >= 11 is 0. The van der Waals surface area contributed by atoms with E-state index in [0.29, 0.717) is 5.92 Å². The smallest absolute Gasteiger partial charge is 0.112 e. The average Bonchev–Trinajstić information content (AvgIpc) is 2.36. The van der Waals surface area contributed by atoms with Crippen LogP contribution in [-0.2, 0) is 4.74 Å². The van der Waals surface area contributed by atoms with Gasteiger partial charge in [-0.2, -0.15) is 0 Å². The van der Waals surface area contributed by atoms with Crippen LogP contribution >= 0.6 is 0 Å². The largest absolute Gasteiger partial charge is 0.495 e. The van der Waals surface area contributed by atoms with Gasteiger partial charge in [-0.05, 0) is 51.0 Å². The highest BCUT2D eigenvalue weighted by Gasteiger charge is 2.35. The molecule has 0 fully saturated rings.